The molecule has 1 unspecified atom stereocenters. The van der Waals surface area contributed by atoms with Gasteiger partial charge in [-0.2, -0.15) is 5.10 Å². The molecule has 8 nitrogen and oxygen atoms in total. The fourth-order valence-electron chi connectivity index (χ4n) is 3.51. The van der Waals surface area contributed by atoms with E-state index < -0.39 is 0 Å². The maximum absolute atomic E-state index is 12.7. The van der Waals surface area contributed by atoms with Gasteiger partial charge in [-0.3, -0.25) is 14.6 Å². The molecule has 34 heavy (non-hydrogen) atoms. The molecule has 0 saturated heterocycles. The number of rotatable bonds is 7. The largest absolute Gasteiger partial charge is 0.504 e. The molecule has 0 radical (unpaired) electrons. The van der Waals surface area contributed by atoms with Crippen LogP contribution in [0.25, 0.3) is 0 Å². The highest BCUT2D eigenvalue weighted by Crippen LogP contribution is 2.33. The van der Waals surface area contributed by atoms with Gasteiger partial charge in [-0.15, -0.1) is 0 Å². The molecule has 0 saturated carbocycles. The minimum absolute atomic E-state index is 0.0231. The van der Waals surface area contributed by atoms with Crippen molar-refractivity contribution in [3.05, 3.63) is 83.7 Å². The third-order valence-electron chi connectivity index (χ3n) is 5.30. The molecule has 1 aliphatic rings. The van der Waals surface area contributed by atoms with Crippen molar-refractivity contribution in [3.8, 4) is 11.5 Å². The van der Waals surface area contributed by atoms with Crippen molar-refractivity contribution < 1.29 is 19.4 Å². The molecule has 2 amide bonds. The molecule has 174 valence electrons. The van der Waals surface area contributed by atoms with Crippen LogP contribution in [0.5, 0.6) is 11.5 Å². The number of anilines is 1. The van der Waals surface area contributed by atoms with Gasteiger partial charge in [0.15, 0.2) is 11.5 Å². The van der Waals surface area contributed by atoms with E-state index >= 15 is 0 Å². The lowest BCUT2D eigenvalue weighted by atomic mass is 10.0. The lowest BCUT2D eigenvalue weighted by molar-refractivity contribution is 0.102. The second-order valence-corrected chi connectivity index (χ2v) is 8.76. The van der Waals surface area contributed by atoms with Gasteiger partial charge >= 0.3 is 5.24 Å². The van der Waals surface area contributed by atoms with E-state index in [1.807, 2.05) is 25.1 Å². The average molecular weight is 477 g/mol. The smallest absolute Gasteiger partial charge is 0.302 e. The van der Waals surface area contributed by atoms with Crippen molar-refractivity contribution >= 4 is 34.3 Å². The summed E-state index contributed by atoms with van der Waals surface area (Å²) in [5, 5.41) is 18.8. The van der Waals surface area contributed by atoms with E-state index in [1.54, 1.807) is 42.6 Å². The molecule has 1 atom stereocenters. The quantitative estimate of drug-likeness (QED) is 0.503. The highest BCUT2D eigenvalue weighted by molar-refractivity contribution is 8.14. The van der Waals surface area contributed by atoms with Crippen LogP contribution in [0.1, 0.15) is 34.8 Å². The number of aromatic nitrogens is 1. The van der Waals surface area contributed by atoms with Gasteiger partial charge in [0.05, 0.1) is 30.2 Å². The SMILES string of the molecule is CCC1SC(=O)N(Cc2ccc(NC(=O)c3cccnc3)cc2)N=C1c1ccc(OC)c(O)c1. The first kappa shape index (κ1) is 23.3. The van der Waals surface area contributed by atoms with Gasteiger partial charge in [0, 0.05) is 23.6 Å². The van der Waals surface area contributed by atoms with Crippen molar-refractivity contribution in [1.82, 2.24) is 9.99 Å². The number of hydrazone groups is 1. The molecule has 2 N–H and O–H groups in total. The Labute approximate surface area is 201 Å². The number of thioether (sulfide) groups is 1. The molecule has 9 heteroatoms. The van der Waals surface area contributed by atoms with E-state index in [0.717, 1.165) is 23.3 Å². The molecule has 1 aromatic heterocycles. The minimum Gasteiger partial charge on any atom is -0.504 e. The first-order valence-corrected chi connectivity index (χ1v) is 11.6. The Balaban J connectivity index is 1.51. The molecule has 0 fully saturated rings. The summed E-state index contributed by atoms with van der Waals surface area (Å²) < 4.78 is 5.13. The molecule has 2 aromatic carbocycles. The molecule has 0 bridgehead atoms. The van der Waals surface area contributed by atoms with Crippen molar-refractivity contribution in [3.63, 3.8) is 0 Å². The first-order valence-electron chi connectivity index (χ1n) is 10.7. The molecule has 4 rings (SSSR count). The van der Waals surface area contributed by atoms with Crippen LogP contribution in [-0.2, 0) is 6.54 Å². The summed E-state index contributed by atoms with van der Waals surface area (Å²) in [6, 6.07) is 15.8. The fraction of sp³-hybridized carbons (Fsp3) is 0.200. The van der Waals surface area contributed by atoms with Gasteiger partial charge in [0.25, 0.3) is 5.91 Å². The van der Waals surface area contributed by atoms with Crippen LogP contribution in [0.3, 0.4) is 0 Å². The van der Waals surface area contributed by atoms with Gasteiger partial charge in [0.2, 0.25) is 0 Å². The van der Waals surface area contributed by atoms with Crippen LogP contribution >= 0.6 is 11.8 Å². The van der Waals surface area contributed by atoms with Crippen LogP contribution in [0, 0.1) is 0 Å². The van der Waals surface area contributed by atoms with Crippen molar-refractivity contribution in [2.45, 2.75) is 25.1 Å². The number of carbonyl (C=O) groups excluding carboxylic acids is 2. The normalized spacial score (nSPS) is 15.6. The number of aromatic hydroxyl groups is 1. The topological polar surface area (TPSA) is 104 Å². The molecule has 0 spiro atoms. The van der Waals surface area contributed by atoms with Crippen molar-refractivity contribution in [2.24, 2.45) is 5.10 Å². The summed E-state index contributed by atoms with van der Waals surface area (Å²) in [4.78, 5) is 29.0. The zero-order valence-electron chi connectivity index (χ0n) is 18.8. The van der Waals surface area contributed by atoms with Crippen LogP contribution < -0.4 is 10.1 Å². The number of nitrogens with one attached hydrogen (secondary N) is 1. The van der Waals surface area contributed by atoms with E-state index in [4.69, 9.17) is 4.74 Å². The highest BCUT2D eigenvalue weighted by atomic mass is 32.2. The number of phenols is 1. The Hall–Kier alpha value is -3.85. The zero-order chi connectivity index (χ0) is 24.1. The number of benzene rings is 2. The molecular formula is C25H24N4O4S. The number of carbonyl (C=O) groups is 2. The van der Waals surface area contributed by atoms with E-state index in [0.29, 0.717) is 17.0 Å². The predicted octanol–water partition coefficient (Wildman–Crippen LogP) is 4.90. The Morgan fingerprint density at radius 2 is 2.00 bits per heavy atom. The molecule has 3 aromatic rings. The van der Waals surface area contributed by atoms with Gasteiger partial charge in [-0.05, 0) is 54.4 Å². The van der Waals surface area contributed by atoms with Crippen molar-refractivity contribution in [2.75, 3.05) is 12.4 Å². The molecule has 1 aliphatic heterocycles. The number of ether oxygens (including phenoxy) is 1. The van der Waals surface area contributed by atoms with Crippen LogP contribution in [0.15, 0.2) is 72.1 Å². The maximum Gasteiger partial charge on any atom is 0.302 e. The number of methoxy groups -OCH3 is 1. The zero-order valence-corrected chi connectivity index (χ0v) is 19.6. The van der Waals surface area contributed by atoms with E-state index in [-0.39, 0.29) is 28.7 Å². The third-order valence-corrected chi connectivity index (χ3v) is 6.55. The monoisotopic (exact) mass is 476 g/mol. The lowest BCUT2D eigenvalue weighted by Gasteiger charge is -2.28. The number of nitrogens with zero attached hydrogens (tertiary/aromatic N) is 3. The number of phenolic OH excluding ortho intramolecular Hbond substituents is 1. The standard InChI is InChI=1S/C25H24N4O4S/c1-3-22-23(17-8-11-21(33-2)20(30)13-17)28-29(25(32)34-22)15-16-6-9-19(10-7-16)27-24(31)18-5-4-12-26-14-18/h4-14,22,30H,3,15H2,1-2H3,(H,27,31). The number of pyridine rings is 1. The third kappa shape index (κ3) is 5.20. The van der Waals surface area contributed by atoms with Gasteiger partial charge < -0.3 is 15.2 Å². The van der Waals surface area contributed by atoms with Crippen LogP contribution in [0.4, 0.5) is 10.5 Å². The lowest BCUT2D eigenvalue weighted by Crippen LogP contribution is -2.34. The minimum atomic E-state index is -0.244. The summed E-state index contributed by atoms with van der Waals surface area (Å²) in [6.45, 7) is 2.28. The number of amides is 2. The Morgan fingerprint density at radius 1 is 1.21 bits per heavy atom. The molecule has 2 heterocycles. The second kappa shape index (κ2) is 10.4. The molecule has 0 aliphatic carbocycles. The number of hydrogen-bond acceptors (Lipinski definition) is 7. The summed E-state index contributed by atoms with van der Waals surface area (Å²) in [7, 11) is 1.49. The summed E-state index contributed by atoms with van der Waals surface area (Å²) in [5.41, 5.74) is 3.44. The van der Waals surface area contributed by atoms with Gasteiger partial charge in [0.1, 0.15) is 0 Å². The molecular weight excluding hydrogens is 452 g/mol. The number of hydrogen-bond donors (Lipinski definition) is 2. The van der Waals surface area contributed by atoms with Gasteiger partial charge in [-0.25, -0.2) is 5.01 Å². The van der Waals surface area contributed by atoms with Crippen molar-refractivity contribution in [1.29, 1.82) is 0 Å². The summed E-state index contributed by atoms with van der Waals surface area (Å²) in [5.74, 6) is 0.158. The van der Waals surface area contributed by atoms with Gasteiger partial charge in [-0.1, -0.05) is 30.8 Å². The first-order chi connectivity index (χ1) is 16.5. The summed E-state index contributed by atoms with van der Waals surface area (Å²) in [6.07, 6.45) is 3.84. The predicted molar refractivity (Wildman–Crippen MR) is 132 cm³/mol. The average Bonchev–Trinajstić information content (AvgIpc) is 2.86. The van der Waals surface area contributed by atoms with Crippen LogP contribution in [0.2, 0.25) is 0 Å². The maximum atomic E-state index is 12.7. The Bertz CT molecular complexity index is 1220. The Morgan fingerprint density at radius 3 is 2.65 bits per heavy atom. The van der Waals surface area contributed by atoms with E-state index in [1.165, 1.54) is 30.1 Å². The van der Waals surface area contributed by atoms with E-state index in [9.17, 15) is 14.7 Å². The fourth-order valence-corrected chi connectivity index (χ4v) is 4.44. The highest BCUT2D eigenvalue weighted by Gasteiger charge is 2.30. The summed E-state index contributed by atoms with van der Waals surface area (Å²) >= 11 is 1.22. The van der Waals surface area contributed by atoms with E-state index in [2.05, 4.69) is 15.4 Å². The van der Waals surface area contributed by atoms with Crippen LogP contribution in [-0.4, -0.2) is 44.3 Å². The Kier molecular flexibility index (Phi) is 7.12. The second-order valence-electron chi connectivity index (χ2n) is 7.60.